The number of fused-ring (bicyclic) bond motifs is 1. The molecular formula is C20H20N4O4. The van der Waals surface area contributed by atoms with E-state index in [0.717, 1.165) is 18.5 Å². The Hall–Kier alpha value is -3.39. The second kappa shape index (κ2) is 7.32. The molecule has 1 aliphatic heterocycles. The number of para-hydroxylation sites is 1. The molecular weight excluding hydrogens is 360 g/mol. The highest BCUT2D eigenvalue weighted by Crippen LogP contribution is 2.32. The van der Waals surface area contributed by atoms with Crippen LogP contribution in [-0.2, 0) is 7.05 Å². The highest BCUT2D eigenvalue weighted by molar-refractivity contribution is 5.97. The normalized spacial score (nSPS) is 14.2. The molecule has 0 aliphatic carbocycles. The van der Waals surface area contributed by atoms with Gasteiger partial charge in [-0.05, 0) is 18.2 Å². The molecule has 28 heavy (non-hydrogen) atoms. The van der Waals surface area contributed by atoms with Gasteiger partial charge in [-0.2, -0.15) is 0 Å². The van der Waals surface area contributed by atoms with Gasteiger partial charge in [-0.25, -0.2) is 4.79 Å². The van der Waals surface area contributed by atoms with E-state index in [2.05, 4.69) is 10.3 Å². The number of pyridine rings is 1. The van der Waals surface area contributed by atoms with Gasteiger partial charge in [-0.1, -0.05) is 12.1 Å². The Morgan fingerprint density at radius 3 is 2.71 bits per heavy atom. The summed E-state index contributed by atoms with van der Waals surface area (Å²) in [7, 11) is 1.69. The molecule has 1 saturated heterocycles. The molecule has 3 heterocycles. The van der Waals surface area contributed by atoms with Gasteiger partial charge in [0.25, 0.3) is 5.91 Å². The maximum atomic E-state index is 12.7. The van der Waals surface area contributed by atoms with E-state index in [1.807, 2.05) is 6.07 Å². The average Bonchev–Trinajstić information content (AvgIpc) is 3.06. The fourth-order valence-corrected chi connectivity index (χ4v) is 3.42. The topological polar surface area (TPSA) is 96.7 Å². The summed E-state index contributed by atoms with van der Waals surface area (Å²) in [6, 6.07) is 10.3. The summed E-state index contributed by atoms with van der Waals surface area (Å²) in [4.78, 5) is 30.0. The lowest BCUT2D eigenvalue weighted by molar-refractivity contribution is 0.0685. The highest BCUT2D eigenvalue weighted by Gasteiger charge is 2.20. The molecule has 0 unspecified atom stereocenters. The smallest absolute Gasteiger partial charge is 0.352 e. The van der Waals surface area contributed by atoms with Crippen molar-refractivity contribution in [2.75, 3.05) is 26.2 Å². The third-order valence-electron chi connectivity index (χ3n) is 4.82. The number of nitrogens with zero attached hydrogens (tertiary/aromatic N) is 3. The van der Waals surface area contributed by atoms with Crippen LogP contribution in [0.15, 0.2) is 42.6 Å². The Labute approximate surface area is 161 Å². The van der Waals surface area contributed by atoms with E-state index in [-0.39, 0.29) is 11.6 Å². The van der Waals surface area contributed by atoms with Crippen LogP contribution in [0.1, 0.15) is 21.0 Å². The van der Waals surface area contributed by atoms with E-state index in [1.165, 1.54) is 0 Å². The van der Waals surface area contributed by atoms with Gasteiger partial charge >= 0.3 is 5.97 Å². The quantitative estimate of drug-likeness (QED) is 0.720. The van der Waals surface area contributed by atoms with Crippen molar-refractivity contribution in [3.05, 3.63) is 54.0 Å². The van der Waals surface area contributed by atoms with Gasteiger partial charge in [0, 0.05) is 50.9 Å². The van der Waals surface area contributed by atoms with Crippen molar-refractivity contribution in [1.82, 2.24) is 19.8 Å². The molecule has 3 aromatic rings. The van der Waals surface area contributed by atoms with Crippen molar-refractivity contribution < 1.29 is 19.4 Å². The molecule has 4 rings (SSSR count). The molecule has 0 spiro atoms. The molecule has 2 aromatic heterocycles. The number of carboxylic acid groups (broad SMARTS) is 1. The average molecular weight is 380 g/mol. The highest BCUT2D eigenvalue weighted by atomic mass is 16.5. The number of aryl methyl sites for hydroxylation is 1. The number of benzene rings is 1. The van der Waals surface area contributed by atoms with Crippen LogP contribution in [0, 0.1) is 0 Å². The number of amides is 1. The molecule has 1 amide bonds. The summed E-state index contributed by atoms with van der Waals surface area (Å²) < 4.78 is 7.59. The molecule has 144 valence electrons. The lowest BCUT2D eigenvalue weighted by Gasteiger charge is -2.27. The van der Waals surface area contributed by atoms with Crippen LogP contribution in [0.25, 0.3) is 10.9 Å². The Bertz CT molecular complexity index is 1050. The SMILES string of the molecule is Cn1c(C(=O)O)cc2cccc(Oc3ccnc(C(=O)N4CCNCC4)c3)c21. The predicted octanol–water partition coefficient (Wildman–Crippen LogP) is 2.11. The number of hydrogen-bond donors (Lipinski definition) is 2. The molecule has 1 fully saturated rings. The number of aromatic carboxylic acids is 1. The first-order chi connectivity index (χ1) is 13.5. The zero-order valence-electron chi connectivity index (χ0n) is 15.4. The Morgan fingerprint density at radius 2 is 1.96 bits per heavy atom. The maximum absolute atomic E-state index is 12.7. The van der Waals surface area contributed by atoms with Crippen LogP contribution in [0.5, 0.6) is 11.5 Å². The van der Waals surface area contributed by atoms with Crippen molar-refractivity contribution in [2.45, 2.75) is 0 Å². The third kappa shape index (κ3) is 3.29. The number of aromatic nitrogens is 2. The lowest BCUT2D eigenvalue weighted by atomic mass is 10.2. The van der Waals surface area contributed by atoms with Crippen molar-refractivity contribution >= 4 is 22.8 Å². The number of carbonyl (C=O) groups excluding carboxylic acids is 1. The van der Waals surface area contributed by atoms with Gasteiger partial charge in [0.05, 0.1) is 5.52 Å². The Morgan fingerprint density at radius 1 is 1.18 bits per heavy atom. The van der Waals surface area contributed by atoms with Crippen LogP contribution in [-0.4, -0.2) is 57.6 Å². The number of piperazine rings is 1. The first-order valence-corrected chi connectivity index (χ1v) is 9.00. The fraction of sp³-hybridized carbons (Fsp3) is 0.250. The molecule has 0 bridgehead atoms. The first kappa shape index (κ1) is 18.0. The second-order valence-electron chi connectivity index (χ2n) is 6.61. The number of ether oxygens (including phenoxy) is 1. The second-order valence-corrected chi connectivity index (χ2v) is 6.61. The molecule has 0 saturated carbocycles. The van der Waals surface area contributed by atoms with Gasteiger partial charge < -0.3 is 24.6 Å². The van der Waals surface area contributed by atoms with Crippen LogP contribution in [0.2, 0.25) is 0 Å². The zero-order valence-corrected chi connectivity index (χ0v) is 15.4. The van der Waals surface area contributed by atoms with Crippen molar-refractivity contribution in [3.8, 4) is 11.5 Å². The van der Waals surface area contributed by atoms with E-state index in [0.29, 0.717) is 35.8 Å². The summed E-state index contributed by atoms with van der Waals surface area (Å²) in [5, 5.41) is 13.3. The van der Waals surface area contributed by atoms with Crippen LogP contribution in [0.4, 0.5) is 0 Å². The number of hydrogen-bond acceptors (Lipinski definition) is 5. The summed E-state index contributed by atoms with van der Waals surface area (Å²) >= 11 is 0. The molecule has 0 radical (unpaired) electrons. The van der Waals surface area contributed by atoms with Crippen LogP contribution >= 0.6 is 0 Å². The van der Waals surface area contributed by atoms with E-state index < -0.39 is 5.97 Å². The predicted molar refractivity (Wildman–Crippen MR) is 103 cm³/mol. The van der Waals surface area contributed by atoms with Gasteiger partial charge in [-0.3, -0.25) is 9.78 Å². The lowest BCUT2D eigenvalue weighted by Crippen LogP contribution is -2.46. The van der Waals surface area contributed by atoms with Gasteiger partial charge in [0.1, 0.15) is 17.1 Å². The Kier molecular flexibility index (Phi) is 4.70. The van der Waals surface area contributed by atoms with Crippen LogP contribution < -0.4 is 10.1 Å². The summed E-state index contributed by atoms with van der Waals surface area (Å²) in [6.07, 6.45) is 1.54. The molecule has 8 nitrogen and oxygen atoms in total. The molecule has 0 atom stereocenters. The minimum Gasteiger partial charge on any atom is -0.477 e. The minimum atomic E-state index is -1.00. The minimum absolute atomic E-state index is 0.128. The van der Waals surface area contributed by atoms with Crippen molar-refractivity contribution in [3.63, 3.8) is 0 Å². The summed E-state index contributed by atoms with van der Waals surface area (Å²) in [5.41, 5.74) is 1.17. The van der Waals surface area contributed by atoms with Crippen molar-refractivity contribution in [2.24, 2.45) is 7.05 Å². The summed E-state index contributed by atoms with van der Waals surface area (Å²) in [5.74, 6) is -0.145. The summed E-state index contributed by atoms with van der Waals surface area (Å²) in [6.45, 7) is 2.82. The maximum Gasteiger partial charge on any atom is 0.352 e. The fourth-order valence-electron chi connectivity index (χ4n) is 3.42. The van der Waals surface area contributed by atoms with E-state index in [9.17, 15) is 14.7 Å². The number of carbonyl (C=O) groups is 2. The van der Waals surface area contributed by atoms with E-state index in [4.69, 9.17) is 4.74 Å². The molecule has 8 heteroatoms. The van der Waals surface area contributed by atoms with Crippen molar-refractivity contribution in [1.29, 1.82) is 0 Å². The van der Waals surface area contributed by atoms with Gasteiger partial charge in [0.2, 0.25) is 0 Å². The third-order valence-corrected chi connectivity index (χ3v) is 4.82. The van der Waals surface area contributed by atoms with Gasteiger partial charge in [0.15, 0.2) is 5.75 Å². The number of rotatable bonds is 4. The molecule has 1 aliphatic rings. The van der Waals surface area contributed by atoms with E-state index in [1.54, 1.807) is 53.0 Å². The zero-order chi connectivity index (χ0) is 19.7. The van der Waals surface area contributed by atoms with Gasteiger partial charge in [-0.15, -0.1) is 0 Å². The Balaban J connectivity index is 1.65. The standard InChI is InChI=1S/C20H20N4O4/c1-23-16(20(26)27)11-13-3-2-4-17(18(13)23)28-14-5-6-22-15(12-14)19(25)24-9-7-21-8-10-24/h2-6,11-12,21H,7-10H2,1H3,(H,26,27). The largest absolute Gasteiger partial charge is 0.477 e. The first-order valence-electron chi connectivity index (χ1n) is 9.00. The van der Waals surface area contributed by atoms with Crippen LogP contribution in [0.3, 0.4) is 0 Å². The number of carboxylic acids is 1. The molecule has 2 N–H and O–H groups in total. The number of nitrogens with one attached hydrogen (secondary N) is 1. The monoisotopic (exact) mass is 380 g/mol. The van der Waals surface area contributed by atoms with E-state index >= 15 is 0 Å². The molecule has 1 aromatic carbocycles.